The van der Waals surface area contributed by atoms with Crippen LogP contribution in [0.3, 0.4) is 0 Å². The van der Waals surface area contributed by atoms with Gasteiger partial charge in [0.25, 0.3) is 0 Å². The van der Waals surface area contributed by atoms with Gasteiger partial charge in [-0.15, -0.1) is 0 Å². The largest absolute Gasteiger partial charge is 0.352 e. The highest BCUT2D eigenvalue weighted by Crippen LogP contribution is 2.36. The second-order valence-corrected chi connectivity index (χ2v) is 5.43. The molecule has 0 radical (unpaired) electrons. The molecule has 4 nitrogen and oxygen atoms in total. The molecule has 20 heavy (non-hydrogen) atoms. The highest BCUT2D eigenvalue weighted by Gasteiger charge is 2.40. The molecule has 1 spiro atoms. The van der Waals surface area contributed by atoms with Crippen LogP contribution in [-0.4, -0.2) is 31.9 Å². The van der Waals surface area contributed by atoms with Gasteiger partial charge in [0.2, 0.25) is 0 Å². The molecule has 0 unspecified atom stereocenters. The Labute approximate surface area is 120 Å². The van der Waals surface area contributed by atoms with Crippen LogP contribution in [0, 0.1) is 0 Å². The summed E-state index contributed by atoms with van der Waals surface area (Å²) in [4.78, 5) is 0. The van der Waals surface area contributed by atoms with E-state index in [2.05, 4.69) is 12.1 Å². The number of hydrogen-bond acceptors (Lipinski definition) is 4. The Balaban J connectivity index is 1.32. The van der Waals surface area contributed by atoms with Gasteiger partial charge in [-0.3, -0.25) is 0 Å². The van der Waals surface area contributed by atoms with Crippen LogP contribution in [0.25, 0.3) is 0 Å². The van der Waals surface area contributed by atoms with Crippen molar-refractivity contribution in [1.29, 1.82) is 0 Å². The molecule has 1 aliphatic carbocycles. The maximum Gasteiger partial charge on any atom is 0.168 e. The fourth-order valence-electron chi connectivity index (χ4n) is 2.86. The Morgan fingerprint density at radius 3 is 2.45 bits per heavy atom. The summed E-state index contributed by atoms with van der Waals surface area (Å²) in [6, 6.07) is 10.1. The van der Waals surface area contributed by atoms with Crippen molar-refractivity contribution in [3.63, 3.8) is 0 Å². The first-order valence-corrected chi connectivity index (χ1v) is 7.38. The number of benzene rings is 1. The van der Waals surface area contributed by atoms with E-state index in [1.165, 1.54) is 5.56 Å². The summed E-state index contributed by atoms with van der Waals surface area (Å²) in [5, 5.41) is 0. The minimum Gasteiger partial charge on any atom is -0.352 e. The van der Waals surface area contributed by atoms with Crippen LogP contribution in [-0.2, 0) is 25.6 Å². The second kappa shape index (κ2) is 6.68. The molecule has 0 atom stereocenters. The molecule has 1 aromatic carbocycles. The zero-order chi connectivity index (χ0) is 13.7. The van der Waals surface area contributed by atoms with Crippen molar-refractivity contribution in [2.45, 2.75) is 44.2 Å². The Hall–Kier alpha value is -0.940. The SMILES string of the molecule is c1ccc(COCOC2CCC3(CC2)OCCO3)cc1. The Morgan fingerprint density at radius 1 is 1.05 bits per heavy atom. The van der Waals surface area contributed by atoms with Crippen molar-refractivity contribution in [3.8, 4) is 0 Å². The molecule has 1 aliphatic heterocycles. The molecular weight excluding hydrogens is 256 g/mol. The van der Waals surface area contributed by atoms with E-state index in [4.69, 9.17) is 18.9 Å². The molecule has 0 aromatic heterocycles. The first kappa shape index (κ1) is 14.0. The normalized spacial score (nSPS) is 22.4. The molecule has 2 aliphatic rings. The highest BCUT2D eigenvalue weighted by molar-refractivity contribution is 5.13. The van der Waals surface area contributed by atoms with E-state index in [-0.39, 0.29) is 11.9 Å². The van der Waals surface area contributed by atoms with Crippen LogP contribution >= 0.6 is 0 Å². The summed E-state index contributed by atoms with van der Waals surface area (Å²) >= 11 is 0. The van der Waals surface area contributed by atoms with Crippen LogP contribution in [0.5, 0.6) is 0 Å². The van der Waals surface area contributed by atoms with Crippen molar-refractivity contribution in [2.24, 2.45) is 0 Å². The standard InChI is InChI=1S/C16H22O4/c1-2-4-14(5-3-1)12-17-13-18-15-6-8-16(9-7-15)19-10-11-20-16/h1-5,15H,6-13H2. The zero-order valence-electron chi connectivity index (χ0n) is 11.8. The Morgan fingerprint density at radius 2 is 1.75 bits per heavy atom. The molecule has 1 saturated heterocycles. The van der Waals surface area contributed by atoms with E-state index in [1.807, 2.05) is 18.2 Å². The number of rotatable bonds is 5. The van der Waals surface area contributed by atoms with Crippen molar-refractivity contribution < 1.29 is 18.9 Å². The van der Waals surface area contributed by atoms with Crippen LogP contribution in [0.4, 0.5) is 0 Å². The topological polar surface area (TPSA) is 36.9 Å². The number of ether oxygens (including phenoxy) is 4. The predicted octanol–water partition coefficient (Wildman–Crippen LogP) is 2.86. The maximum atomic E-state index is 5.77. The molecule has 0 amide bonds. The highest BCUT2D eigenvalue weighted by atomic mass is 16.7. The van der Waals surface area contributed by atoms with E-state index >= 15 is 0 Å². The molecule has 2 fully saturated rings. The van der Waals surface area contributed by atoms with Gasteiger partial charge in [0, 0.05) is 12.8 Å². The fraction of sp³-hybridized carbons (Fsp3) is 0.625. The summed E-state index contributed by atoms with van der Waals surface area (Å²) < 4.78 is 22.7. The van der Waals surface area contributed by atoms with E-state index in [1.54, 1.807) is 0 Å². The first-order valence-electron chi connectivity index (χ1n) is 7.38. The monoisotopic (exact) mass is 278 g/mol. The van der Waals surface area contributed by atoms with Crippen LogP contribution in [0.15, 0.2) is 30.3 Å². The third-order valence-electron chi connectivity index (χ3n) is 4.01. The molecule has 0 N–H and O–H groups in total. The first-order chi connectivity index (χ1) is 9.86. The van der Waals surface area contributed by atoms with Crippen molar-refractivity contribution >= 4 is 0 Å². The minimum absolute atomic E-state index is 0.268. The molecule has 1 aromatic rings. The van der Waals surface area contributed by atoms with Gasteiger partial charge >= 0.3 is 0 Å². The van der Waals surface area contributed by atoms with E-state index in [0.717, 1.165) is 38.9 Å². The Bertz CT molecular complexity index is 390. The average Bonchev–Trinajstić information content (AvgIpc) is 2.95. The van der Waals surface area contributed by atoms with Crippen molar-refractivity contribution in [2.75, 3.05) is 20.0 Å². The van der Waals surface area contributed by atoms with Gasteiger partial charge in [0.1, 0.15) is 6.79 Å². The average molecular weight is 278 g/mol. The predicted molar refractivity (Wildman–Crippen MR) is 74.1 cm³/mol. The molecule has 1 heterocycles. The summed E-state index contributed by atoms with van der Waals surface area (Å²) in [6.45, 7) is 2.41. The van der Waals surface area contributed by atoms with E-state index in [0.29, 0.717) is 13.4 Å². The van der Waals surface area contributed by atoms with Gasteiger partial charge < -0.3 is 18.9 Å². The van der Waals surface area contributed by atoms with E-state index in [9.17, 15) is 0 Å². The van der Waals surface area contributed by atoms with E-state index < -0.39 is 0 Å². The summed E-state index contributed by atoms with van der Waals surface area (Å²) in [6.07, 6.45) is 4.08. The van der Waals surface area contributed by atoms with Gasteiger partial charge in [-0.1, -0.05) is 30.3 Å². The van der Waals surface area contributed by atoms with Gasteiger partial charge in [-0.25, -0.2) is 0 Å². The number of hydrogen-bond donors (Lipinski definition) is 0. The lowest BCUT2D eigenvalue weighted by molar-refractivity contribution is -0.200. The van der Waals surface area contributed by atoms with Crippen molar-refractivity contribution in [1.82, 2.24) is 0 Å². The summed E-state index contributed by atoms with van der Waals surface area (Å²) in [7, 11) is 0. The molecule has 0 bridgehead atoms. The molecule has 4 heteroatoms. The molecule has 1 saturated carbocycles. The molecule has 3 rings (SSSR count). The smallest absolute Gasteiger partial charge is 0.168 e. The lowest BCUT2D eigenvalue weighted by atomic mass is 9.92. The molecule has 110 valence electrons. The summed E-state index contributed by atoms with van der Waals surface area (Å²) in [5.41, 5.74) is 1.17. The minimum atomic E-state index is -0.301. The third-order valence-corrected chi connectivity index (χ3v) is 4.01. The second-order valence-electron chi connectivity index (χ2n) is 5.43. The quantitative estimate of drug-likeness (QED) is 0.613. The van der Waals surface area contributed by atoms with Crippen LogP contribution in [0.1, 0.15) is 31.2 Å². The van der Waals surface area contributed by atoms with Gasteiger partial charge in [-0.05, 0) is 18.4 Å². The van der Waals surface area contributed by atoms with Crippen LogP contribution < -0.4 is 0 Å². The summed E-state index contributed by atoms with van der Waals surface area (Å²) in [5.74, 6) is -0.301. The van der Waals surface area contributed by atoms with Gasteiger partial charge in [0.05, 0.1) is 25.9 Å². The lowest BCUT2D eigenvalue weighted by Crippen LogP contribution is -2.37. The Kier molecular flexibility index (Phi) is 4.68. The van der Waals surface area contributed by atoms with Crippen LogP contribution in [0.2, 0.25) is 0 Å². The fourth-order valence-corrected chi connectivity index (χ4v) is 2.86. The zero-order valence-corrected chi connectivity index (χ0v) is 11.8. The van der Waals surface area contributed by atoms with Crippen molar-refractivity contribution in [3.05, 3.63) is 35.9 Å². The molecular formula is C16H22O4. The lowest BCUT2D eigenvalue weighted by Gasteiger charge is -2.35. The maximum absolute atomic E-state index is 5.77. The van der Waals surface area contributed by atoms with Gasteiger partial charge in [-0.2, -0.15) is 0 Å². The van der Waals surface area contributed by atoms with Gasteiger partial charge in [0.15, 0.2) is 5.79 Å². The third kappa shape index (κ3) is 3.58.